The molecule has 2 heterocycles. The third-order valence-electron chi connectivity index (χ3n) is 4.52. The summed E-state index contributed by atoms with van der Waals surface area (Å²) in [5.41, 5.74) is 1.75. The van der Waals surface area contributed by atoms with Crippen molar-refractivity contribution in [1.29, 1.82) is 0 Å². The lowest BCUT2D eigenvalue weighted by Gasteiger charge is -2.19. The zero-order valence-corrected chi connectivity index (χ0v) is 17.0. The van der Waals surface area contributed by atoms with Gasteiger partial charge in [0, 0.05) is 17.6 Å². The van der Waals surface area contributed by atoms with Gasteiger partial charge in [0.2, 0.25) is 0 Å². The molecule has 1 aromatic carbocycles. The van der Waals surface area contributed by atoms with Gasteiger partial charge in [-0.2, -0.15) is 0 Å². The number of nitrogens with one attached hydrogen (secondary N) is 1. The van der Waals surface area contributed by atoms with Gasteiger partial charge in [0.05, 0.1) is 17.8 Å². The highest BCUT2D eigenvalue weighted by Gasteiger charge is 2.27. The van der Waals surface area contributed by atoms with Crippen LogP contribution < -0.4 is 5.32 Å². The Bertz CT molecular complexity index is 874. The van der Waals surface area contributed by atoms with E-state index in [1.54, 1.807) is 10.9 Å². The lowest BCUT2D eigenvalue weighted by atomic mass is 9.99. The minimum Gasteiger partial charge on any atom is -0.465 e. The molecule has 9 heteroatoms. The van der Waals surface area contributed by atoms with Gasteiger partial charge in [-0.15, -0.1) is 5.10 Å². The van der Waals surface area contributed by atoms with Crippen molar-refractivity contribution in [3.8, 4) is 0 Å². The molecular formula is C18H22BrN5O3. The maximum atomic E-state index is 12.7. The number of aromatic nitrogens is 3. The highest BCUT2D eigenvalue weighted by molar-refractivity contribution is 9.10. The van der Waals surface area contributed by atoms with Gasteiger partial charge in [0.25, 0.3) is 5.91 Å². The van der Waals surface area contributed by atoms with Gasteiger partial charge in [-0.1, -0.05) is 27.2 Å². The SMILES string of the molecule is CC(C)(C)n1cc(C(=O)N[C@@H]2CCN(C(=O)O)Cc3cc(Br)ccc32)nn1. The van der Waals surface area contributed by atoms with Gasteiger partial charge in [0.1, 0.15) is 0 Å². The van der Waals surface area contributed by atoms with Crippen molar-refractivity contribution in [1.82, 2.24) is 25.2 Å². The Hall–Kier alpha value is -2.42. The standard InChI is InChI=1S/C18H22BrN5O3/c1-18(2,3)24-10-15(21-22-24)16(25)20-14-6-7-23(17(26)27)9-11-8-12(19)4-5-13(11)14/h4-5,8,10,14H,6-7,9H2,1-3H3,(H,20,25)(H,26,27)/t14-/m1/s1. The molecule has 1 aliphatic heterocycles. The Morgan fingerprint density at radius 2 is 2.07 bits per heavy atom. The van der Waals surface area contributed by atoms with Crippen LogP contribution in [0.3, 0.4) is 0 Å². The Kier molecular flexibility index (Phi) is 5.23. The summed E-state index contributed by atoms with van der Waals surface area (Å²) in [6, 6.07) is 5.40. The van der Waals surface area contributed by atoms with Gasteiger partial charge in [-0.05, 0) is 50.5 Å². The van der Waals surface area contributed by atoms with Crippen molar-refractivity contribution >= 4 is 27.9 Å². The number of hydrogen-bond donors (Lipinski definition) is 2. The molecule has 144 valence electrons. The van der Waals surface area contributed by atoms with Crippen molar-refractivity contribution in [3.63, 3.8) is 0 Å². The van der Waals surface area contributed by atoms with Crippen LogP contribution in [0.15, 0.2) is 28.9 Å². The molecular weight excluding hydrogens is 414 g/mol. The smallest absolute Gasteiger partial charge is 0.407 e. The van der Waals surface area contributed by atoms with Gasteiger partial charge < -0.3 is 15.3 Å². The molecule has 27 heavy (non-hydrogen) atoms. The van der Waals surface area contributed by atoms with E-state index in [-0.39, 0.29) is 29.7 Å². The van der Waals surface area contributed by atoms with Gasteiger partial charge in [-0.25, -0.2) is 9.48 Å². The number of rotatable bonds is 2. The maximum Gasteiger partial charge on any atom is 0.407 e. The molecule has 8 nitrogen and oxygen atoms in total. The molecule has 2 aromatic rings. The van der Waals surface area contributed by atoms with Gasteiger partial charge >= 0.3 is 6.09 Å². The molecule has 1 atom stereocenters. The Morgan fingerprint density at radius 3 is 2.70 bits per heavy atom. The highest BCUT2D eigenvalue weighted by atomic mass is 79.9. The topological polar surface area (TPSA) is 100 Å². The van der Waals surface area contributed by atoms with Crippen molar-refractivity contribution in [2.24, 2.45) is 0 Å². The van der Waals surface area contributed by atoms with E-state index >= 15 is 0 Å². The Balaban J connectivity index is 1.85. The first-order chi connectivity index (χ1) is 12.6. The zero-order valence-electron chi connectivity index (χ0n) is 15.4. The Labute approximate surface area is 165 Å². The first kappa shape index (κ1) is 19.3. The number of halogens is 1. The van der Waals surface area contributed by atoms with Crippen molar-refractivity contribution in [2.75, 3.05) is 6.54 Å². The van der Waals surface area contributed by atoms with Crippen molar-refractivity contribution < 1.29 is 14.7 Å². The van der Waals surface area contributed by atoms with Crippen LogP contribution in [-0.4, -0.2) is 43.5 Å². The first-order valence-electron chi connectivity index (χ1n) is 8.65. The summed E-state index contributed by atoms with van der Waals surface area (Å²) in [5, 5.41) is 20.4. The van der Waals surface area contributed by atoms with Gasteiger partial charge in [0.15, 0.2) is 5.69 Å². The second-order valence-electron chi connectivity index (χ2n) is 7.58. The average Bonchev–Trinajstić information content (AvgIpc) is 3.01. The second kappa shape index (κ2) is 7.30. The Morgan fingerprint density at radius 1 is 1.33 bits per heavy atom. The fourth-order valence-corrected chi connectivity index (χ4v) is 3.43. The van der Waals surface area contributed by atoms with Crippen LogP contribution in [0.2, 0.25) is 0 Å². The summed E-state index contributed by atoms with van der Waals surface area (Å²) in [6.07, 6.45) is 1.14. The zero-order chi connectivity index (χ0) is 19.8. The third kappa shape index (κ3) is 4.29. The molecule has 2 N–H and O–H groups in total. The van der Waals surface area contributed by atoms with Crippen molar-refractivity contribution in [2.45, 2.75) is 45.3 Å². The molecule has 0 saturated heterocycles. The van der Waals surface area contributed by atoms with Crippen LogP contribution in [0.1, 0.15) is 54.8 Å². The van der Waals surface area contributed by atoms with E-state index < -0.39 is 6.09 Å². The number of carbonyl (C=O) groups is 2. The van der Waals surface area contributed by atoms with E-state index in [0.717, 1.165) is 15.6 Å². The third-order valence-corrected chi connectivity index (χ3v) is 5.01. The minimum absolute atomic E-state index is 0.239. The lowest BCUT2D eigenvalue weighted by molar-refractivity contribution is 0.0928. The van der Waals surface area contributed by atoms with Crippen molar-refractivity contribution in [3.05, 3.63) is 45.7 Å². The number of hydrogen-bond acceptors (Lipinski definition) is 4. The summed E-state index contributed by atoms with van der Waals surface area (Å²) in [7, 11) is 0. The molecule has 3 rings (SSSR count). The second-order valence-corrected chi connectivity index (χ2v) is 8.50. The highest BCUT2D eigenvalue weighted by Crippen LogP contribution is 2.29. The normalized spacial score (nSPS) is 17.2. The van der Waals surface area contributed by atoms with Crippen LogP contribution in [0, 0.1) is 0 Å². The molecule has 2 amide bonds. The van der Waals surface area contributed by atoms with E-state index in [1.165, 1.54) is 4.90 Å². The molecule has 0 unspecified atom stereocenters. The van der Waals surface area contributed by atoms with E-state index in [4.69, 9.17) is 0 Å². The van der Waals surface area contributed by atoms with Crippen LogP contribution >= 0.6 is 15.9 Å². The molecule has 0 spiro atoms. The number of benzene rings is 1. The molecule has 0 aliphatic carbocycles. The van der Waals surface area contributed by atoms with Crippen LogP contribution in [0.4, 0.5) is 4.79 Å². The molecule has 0 fully saturated rings. The molecule has 1 aliphatic rings. The minimum atomic E-state index is -0.971. The first-order valence-corrected chi connectivity index (χ1v) is 9.44. The van der Waals surface area contributed by atoms with E-state index in [2.05, 4.69) is 31.6 Å². The number of carbonyl (C=O) groups excluding carboxylic acids is 1. The maximum absolute atomic E-state index is 12.7. The lowest BCUT2D eigenvalue weighted by Crippen LogP contribution is -2.32. The van der Waals surface area contributed by atoms with E-state index in [9.17, 15) is 14.7 Å². The summed E-state index contributed by atoms with van der Waals surface area (Å²) < 4.78 is 2.51. The molecule has 0 radical (unpaired) electrons. The number of carboxylic acid groups (broad SMARTS) is 1. The van der Waals surface area contributed by atoms with Crippen LogP contribution in [0.5, 0.6) is 0 Å². The molecule has 0 saturated carbocycles. The fourth-order valence-electron chi connectivity index (χ4n) is 3.02. The number of fused-ring (bicyclic) bond motifs is 1. The summed E-state index contributed by atoms with van der Waals surface area (Å²) in [6.45, 7) is 6.55. The summed E-state index contributed by atoms with van der Waals surface area (Å²) >= 11 is 3.43. The quantitative estimate of drug-likeness (QED) is 0.754. The monoisotopic (exact) mass is 435 g/mol. The van der Waals surface area contributed by atoms with Crippen LogP contribution in [-0.2, 0) is 12.1 Å². The fraction of sp³-hybridized carbons (Fsp3) is 0.444. The number of amides is 2. The van der Waals surface area contributed by atoms with Gasteiger partial charge in [-0.3, -0.25) is 4.79 Å². The van der Waals surface area contributed by atoms with Crippen LogP contribution in [0.25, 0.3) is 0 Å². The molecule has 1 aromatic heterocycles. The predicted molar refractivity (Wildman–Crippen MR) is 102 cm³/mol. The van der Waals surface area contributed by atoms with E-state index in [0.29, 0.717) is 13.0 Å². The average molecular weight is 436 g/mol. The molecule has 0 bridgehead atoms. The largest absolute Gasteiger partial charge is 0.465 e. The summed E-state index contributed by atoms with van der Waals surface area (Å²) in [5.74, 6) is -0.326. The predicted octanol–water partition coefficient (Wildman–Crippen LogP) is 3.15. The van der Waals surface area contributed by atoms with E-state index in [1.807, 2.05) is 39.0 Å². The summed E-state index contributed by atoms with van der Waals surface area (Å²) in [4.78, 5) is 25.5. The number of nitrogens with zero attached hydrogens (tertiary/aromatic N) is 4.